The lowest BCUT2D eigenvalue weighted by molar-refractivity contribution is 0.663. The number of nitrogens with zero attached hydrogens (tertiary/aromatic N) is 4. The number of hydrogen-bond donors (Lipinski definition) is 2. The number of aryl methyl sites for hydroxylation is 2. The Balaban J connectivity index is 1.62. The Bertz CT molecular complexity index is 688. The van der Waals surface area contributed by atoms with Crippen LogP contribution < -0.4 is 10.6 Å². The summed E-state index contributed by atoms with van der Waals surface area (Å²) in [5.41, 5.74) is 2.47. The molecule has 1 aromatic carbocycles. The Kier molecular flexibility index (Phi) is 4.90. The van der Waals surface area contributed by atoms with Gasteiger partial charge in [0.15, 0.2) is 11.8 Å². The molecule has 0 fully saturated rings. The molecule has 2 aromatic rings. The zero-order valence-electron chi connectivity index (χ0n) is 13.8. The summed E-state index contributed by atoms with van der Waals surface area (Å²) < 4.78 is 2.21. The Hall–Kier alpha value is -2.37. The number of guanidine groups is 1. The minimum Gasteiger partial charge on any atom is -0.357 e. The molecule has 6 nitrogen and oxygen atoms in total. The molecule has 0 unspecified atom stereocenters. The minimum atomic E-state index is 0.645. The quantitative estimate of drug-likeness (QED) is 0.652. The van der Waals surface area contributed by atoms with E-state index in [0.717, 1.165) is 37.1 Å². The van der Waals surface area contributed by atoms with E-state index in [4.69, 9.17) is 0 Å². The van der Waals surface area contributed by atoms with Crippen LogP contribution in [0.1, 0.15) is 36.1 Å². The zero-order chi connectivity index (χ0) is 16.1. The first-order chi connectivity index (χ1) is 11.3. The number of hydrogen-bond acceptors (Lipinski definition) is 3. The molecule has 1 aromatic heterocycles. The van der Waals surface area contributed by atoms with Crippen molar-refractivity contribution in [2.45, 2.75) is 46.3 Å². The van der Waals surface area contributed by atoms with Crippen LogP contribution in [0.25, 0.3) is 0 Å². The van der Waals surface area contributed by atoms with Crippen LogP contribution in [0.4, 0.5) is 0 Å². The average molecular weight is 312 g/mol. The van der Waals surface area contributed by atoms with Crippen LogP contribution in [-0.4, -0.2) is 27.3 Å². The molecule has 122 valence electrons. The molecule has 0 saturated carbocycles. The predicted molar refractivity (Wildman–Crippen MR) is 91.2 cm³/mol. The largest absolute Gasteiger partial charge is 0.357 e. The molecule has 0 spiro atoms. The van der Waals surface area contributed by atoms with Gasteiger partial charge in [-0.1, -0.05) is 29.8 Å². The maximum atomic E-state index is 4.65. The summed E-state index contributed by atoms with van der Waals surface area (Å²) in [4.78, 5) is 4.65. The molecule has 1 aliphatic rings. The number of benzene rings is 1. The van der Waals surface area contributed by atoms with Crippen LogP contribution in [0, 0.1) is 6.92 Å². The zero-order valence-corrected chi connectivity index (χ0v) is 13.8. The highest BCUT2D eigenvalue weighted by atomic mass is 15.3. The Labute approximate surface area is 137 Å². The molecule has 1 aliphatic heterocycles. The van der Waals surface area contributed by atoms with Crippen LogP contribution >= 0.6 is 0 Å². The second-order valence-electron chi connectivity index (χ2n) is 5.83. The van der Waals surface area contributed by atoms with Gasteiger partial charge >= 0.3 is 0 Å². The molecule has 0 amide bonds. The van der Waals surface area contributed by atoms with Gasteiger partial charge < -0.3 is 15.2 Å². The Morgan fingerprint density at radius 1 is 1.30 bits per heavy atom. The number of nitrogens with one attached hydrogen (secondary N) is 2. The number of aliphatic imine (C=N–C) groups is 1. The highest BCUT2D eigenvalue weighted by Gasteiger charge is 2.16. The third-order valence-corrected chi connectivity index (χ3v) is 3.95. The fourth-order valence-electron chi connectivity index (χ4n) is 2.83. The monoisotopic (exact) mass is 312 g/mol. The van der Waals surface area contributed by atoms with E-state index in [1.54, 1.807) is 0 Å². The first-order valence-corrected chi connectivity index (χ1v) is 8.25. The molecule has 3 rings (SSSR count). The van der Waals surface area contributed by atoms with E-state index in [1.807, 2.05) is 0 Å². The van der Waals surface area contributed by atoms with Crippen LogP contribution in [0.2, 0.25) is 0 Å². The van der Waals surface area contributed by atoms with Gasteiger partial charge in [-0.25, -0.2) is 4.99 Å². The maximum Gasteiger partial charge on any atom is 0.191 e. The van der Waals surface area contributed by atoms with Crippen molar-refractivity contribution in [1.82, 2.24) is 25.4 Å². The van der Waals surface area contributed by atoms with Crippen molar-refractivity contribution >= 4 is 5.96 Å². The predicted octanol–water partition coefficient (Wildman–Crippen LogP) is 1.79. The van der Waals surface area contributed by atoms with Crippen molar-refractivity contribution < 1.29 is 0 Å². The molecule has 0 bridgehead atoms. The van der Waals surface area contributed by atoms with E-state index >= 15 is 0 Å². The fraction of sp³-hybridized carbons (Fsp3) is 0.471. The van der Waals surface area contributed by atoms with E-state index < -0.39 is 0 Å². The second kappa shape index (κ2) is 7.26. The molecular weight excluding hydrogens is 288 g/mol. The van der Waals surface area contributed by atoms with Gasteiger partial charge in [-0.2, -0.15) is 0 Å². The smallest absolute Gasteiger partial charge is 0.191 e. The average Bonchev–Trinajstić information content (AvgIpc) is 3.14. The van der Waals surface area contributed by atoms with Crippen molar-refractivity contribution in [3.05, 3.63) is 47.0 Å². The van der Waals surface area contributed by atoms with Gasteiger partial charge in [-0.3, -0.25) is 0 Å². The minimum absolute atomic E-state index is 0.645. The summed E-state index contributed by atoms with van der Waals surface area (Å²) >= 11 is 0. The van der Waals surface area contributed by atoms with Crippen LogP contribution in [0.15, 0.2) is 29.3 Å². The van der Waals surface area contributed by atoms with Crippen LogP contribution in [-0.2, 0) is 26.1 Å². The van der Waals surface area contributed by atoms with Gasteiger partial charge in [-0.05, 0) is 25.8 Å². The summed E-state index contributed by atoms with van der Waals surface area (Å²) in [6, 6.07) is 8.44. The number of aromatic nitrogens is 3. The van der Waals surface area contributed by atoms with E-state index in [2.05, 4.69) is 68.5 Å². The van der Waals surface area contributed by atoms with Crippen molar-refractivity contribution in [3.63, 3.8) is 0 Å². The lowest BCUT2D eigenvalue weighted by Gasteiger charge is -2.11. The SMILES string of the molecule is CCNC(=NCc1cccc(C)c1)NCc1nnc2n1CCC2. The first-order valence-electron chi connectivity index (χ1n) is 8.25. The highest BCUT2D eigenvalue weighted by molar-refractivity contribution is 5.79. The molecule has 23 heavy (non-hydrogen) atoms. The molecule has 0 saturated heterocycles. The topological polar surface area (TPSA) is 67.1 Å². The van der Waals surface area contributed by atoms with E-state index in [1.165, 1.54) is 17.5 Å². The van der Waals surface area contributed by atoms with Crippen LogP contribution in [0.5, 0.6) is 0 Å². The third kappa shape index (κ3) is 3.88. The van der Waals surface area contributed by atoms with E-state index in [0.29, 0.717) is 13.1 Å². The summed E-state index contributed by atoms with van der Waals surface area (Å²) in [5.74, 6) is 2.89. The number of rotatable bonds is 5. The summed E-state index contributed by atoms with van der Waals surface area (Å²) in [6.45, 7) is 7.33. The van der Waals surface area contributed by atoms with Gasteiger partial charge in [0.25, 0.3) is 0 Å². The Morgan fingerprint density at radius 3 is 3.04 bits per heavy atom. The van der Waals surface area contributed by atoms with Gasteiger partial charge in [0.1, 0.15) is 5.82 Å². The van der Waals surface area contributed by atoms with Crippen LogP contribution in [0.3, 0.4) is 0 Å². The van der Waals surface area contributed by atoms with E-state index in [9.17, 15) is 0 Å². The summed E-state index contributed by atoms with van der Waals surface area (Å²) in [5, 5.41) is 15.1. The highest BCUT2D eigenvalue weighted by Crippen LogP contribution is 2.13. The molecule has 6 heteroatoms. The summed E-state index contributed by atoms with van der Waals surface area (Å²) in [7, 11) is 0. The normalized spacial score (nSPS) is 13.9. The lowest BCUT2D eigenvalue weighted by atomic mass is 10.1. The summed E-state index contributed by atoms with van der Waals surface area (Å²) in [6.07, 6.45) is 2.20. The molecule has 2 heterocycles. The van der Waals surface area contributed by atoms with Gasteiger partial charge in [0.05, 0.1) is 13.1 Å². The van der Waals surface area contributed by atoms with E-state index in [-0.39, 0.29) is 0 Å². The van der Waals surface area contributed by atoms with Crippen molar-refractivity contribution in [3.8, 4) is 0 Å². The molecular formula is C17H24N6. The van der Waals surface area contributed by atoms with Gasteiger partial charge in [0.2, 0.25) is 0 Å². The first kappa shape index (κ1) is 15.5. The molecule has 2 N–H and O–H groups in total. The third-order valence-electron chi connectivity index (χ3n) is 3.95. The van der Waals surface area contributed by atoms with Crippen molar-refractivity contribution in [1.29, 1.82) is 0 Å². The number of fused-ring (bicyclic) bond motifs is 1. The maximum absolute atomic E-state index is 4.65. The standard InChI is InChI=1S/C17H24N6/c1-3-18-17(19-11-14-7-4-6-13(2)10-14)20-12-16-22-21-15-8-5-9-23(15)16/h4,6-7,10H,3,5,8-9,11-12H2,1-2H3,(H2,18,19,20). The molecule has 0 radical (unpaired) electrons. The Morgan fingerprint density at radius 2 is 2.22 bits per heavy atom. The molecule has 0 atom stereocenters. The molecule has 0 aliphatic carbocycles. The van der Waals surface area contributed by atoms with Crippen molar-refractivity contribution in [2.75, 3.05) is 6.54 Å². The fourth-order valence-corrected chi connectivity index (χ4v) is 2.83. The lowest BCUT2D eigenvalue weighted by Crippen LogP contribution is -2.37. The van der Waals surface area contributed by atoms with Gasteiger partial charge in [0, 0.05) is 19.5 Å². The second-order valence-corrected chi connectivity index (χ2v) is 5.83. The van der Waals surface area contributed by atoms with Gasteiger partial charge in [-0.15, -0.1) is 10.2 Å². The van der Waals surface area contributed by atoms with Crippen molar-refractivity contribution in [2.24, 2.45) is 4.99 Å².